The lowest BCUT2D eigenvalue weighted by molar-refractivity contribution is -0.116. The van der Waals surface area contributed by atoms with Crippen LogP contribution in [0.5, 0.6) is 0 Å². The molecule has 6 nitrogen and oxygen atoms in total. The minimum atomic E-state index is -0.239. The van der Waals surface area contributed by atoms with Crippen molar-refractivity contribution in [2.24, 2.45) is 0 Å². The Morgan fingerprint density at radius 1 is 1.00 bits per heavy atom. The van der Waals surface area contributed by atoms with Crippen LogP contribution in [0.25, 0.3) is 5.65 Å². The monoisotopic (exact) mass is 430 g/mol. The number of aromatic nitrogens is 2. The summed E-state index contributed by atoms with van der Waals surface area (Å²) < 4.78 is 1.98. The fraction of sp³-hybridized carbons (Fsp3) is 0.125. The highest BCUT2D eigenvalue weighted by Crippen LogP contribution is 2.27. The number of amides is 2. The normalized spacial score (nSPS) is 10.7. The molecule has 4 rings (SSSR count). The van der Waals surface area contributed by atoms with Gasteiger partial charge >= 0.3 is 0 Å². The first-order valence-corrected chi connectivity index (χ1v) is 10.8. The molecular weight excluding hydrogens is 408 g/mol. The molecule has 0 aliphatic carbocycles. The average molecular weight is 431 g/mol. The smallest absolute Gasteiger partial charge is 0.255 e. The highest BCUT2D eigenvalue weighted by molar-refractivity contribution is 7.98. The van der Waals surface area contributed by atoms with Crippen LogP contribution in [0, 0.1) is 0 Å². The molecule has 0 radical (unpaired) electrons. The van der Waals surface area contributed by atoms with Crippen LogP contribution in [0.3, 0.4) is 0 Å². The molecule has 0 saturated heterocycles. The lowest BCUT2D eigenvalue weighted by Gasteiger charge is -2.18. The number of rotatable bonds is 7. The molecule has 0 fully saturated rings. The SMILES string of the molecule is CN(CC(=O)Nc1ccccc1)C(=O)c1ccccc1SCc1cn2ccccc2n1. The zero-order chi connectivity index (χ0) is 21.6. The lowest BCUT2D eigenvalue weighted by atomic mass is 10.2. The average Bonchev–Trinajstić information content (AvgIpc) is 3.21. The number of nitrogens with zero attached hydrogens (tertiary/aromatic N) is 3. The van der Waals surface area contributed by atoms with Gasteiger partial charge in [-0.1, -0.05) is 36.4 Å². The molecule has 0 unspecified atom stereocenters. The summed E-state index contributed by atoms with van der Waals surface area (Å²) in [6.45, 7) is -0.0286. The van der Waals surface area contributed by atoms with Crippen LogP contribution in [0.2, 0.25) is 0 Å². The first kappa shape index (κ1) is 20.7. The van der Waals surface area contributed by atoms with Gasteiger partial charge in [-0.05, 0) is 36.4 Å². The van der Waals surface area contributed by atoms with Crippen molar-refractivity contribution in [3.63, 3.8) is 0 Å². The van der Waals surface area contributed by atoms with Crippen LogP contribution < -0.4 is 5.32 Å². The number of hydrogen-bond acceptors (Lipinski definition) is 4. The second-order valence-corrected chi connectivity index (χ2v) is 8.08. The zero-order valence-corrected chi connectivity index (χ0v) is 17.9. The number of carbonyl (C=O) groups excluding carboxylic acids is 2. The van der Waals surface area contributed by atoms with Gasteiger partial charge in [-0.2, -0.15) is 0 Å². The summed E-state index contributed by atoms with van der Waals surface area (Å²) in [5.74, 6) is 0.211. The number of anilines is 1. The summed E-state index contributed by atoms with van der Waals surface area (Å²) in [7, 11) is 1.64. The second-order valence-electron chi connectivity index (χ2n) is 7.06. The predicted molar refractivity (Wildman–Crippen MR) is 123 cm³/mol. The van der Waals surface area contributed by atoms with Crippen molar-refractivity contribution in [2.45, 2.75) is 10.6 Å². The van der Waals surface area contributed by atoms with Gasteiger partial charge in [0.05, 0.1) is 17.8 Å². The molecule has 7 heteroatoms. The van der Waals surface area contributed by atoms with E-state index < -0.39 is 0 Å². The van der Waals surface area contributed by atoms with Gasteiger partial charge in [-0.15, -0.1) is 11.8 Å². The molecule has 0 atom stereocenters. The van der Waals surface area contributed by atoms with Crippen molar-refractivity contribution in [3.05, 3.63) is 96.4 Å². The highest BCUT2D eigenvalue weighted by atomic mass is 32.2. The van der Waals surface area contributed by atoms with Gasteiger partial charge < -0.3 is 14.6 Å². The molecule has 0 bridgehead atoms. The van der Waals surface area contributed by atoms with Crippen LogP contribution in [-0.2, 0) is 10.5 Å². The van der Waals surface area contributed by atoms with E-state index in [-0.39, 0.29) is 18.4 Å². The van der Waals surface area contributed by atoms with E-state index in [4.69, 9.17) is 0 Å². The molecule has 156 valence electrons. The highest BCUT2D eigenvalue weighted by Gasteiger charge is 2.18. The van der Waals surface area contributed by atoms with E-state index >= 15 is 0 Å². The number of fused-ring (bicyclic) bond motifs is 1. The lowest BCUT2D eigenvalue weighted by Crippen LogP contribution is -2.35. The molecule has 2 amide bonds. The van der Waals surface area contributed by atoms with Gasteiger partial charge in [0.1, 0.15) is 5.65 Å². The number of hydrogen-bond donors (Lipinski definition) is 1. The van der Waals surface area contributed by atoms with E-state index in [1.165, 1.54) is 4.90 Å². The number of likely N-dealkylation sites (N-methyl/N-ethyl adjacent to an activating group) is 1. The van der Waals surface area contributed by atoms with E-state index in [1.54, 1.807) is 24.9 Å². The first-order valence-electron chi connectivity index (χ1n) is 9.85. The first-order chi connectivity index (χ1) is 15.1. The molecular formula is C24H22N4O2S. The maximum absolute atomic E-state index is 13.0. The largest absolute Gasteiger partial charge is 0.332 e. The Kier molecular flexibility index (Phi) is 6.33. The minimum absolute atomic E-state index is 0.0286. The van der Waals surface area contributed by atoms with Crippen molar-refractivity contribution < 1.29 is 9.59 Å². The molecule has 0 aliphatic rings. The summed E-state index contributed by atoms with van der Waals surface area (Å²) in [6.07, 6.45) is 3.95. The van der Waals surface area contributed by atoms with Crippen molar-refractivity contribution in [1.29, 1.82) is 0 Å². The molecule has 0 aliphatic heterocycles. The Bertz CT molecular complexity index is 1170. The summed E-state index contributed by atoms with van der Waals surface area (Å²) in [6, 6.07) is 22.5. The van der Waals surface area contributed by atoms with Crippen molar-refractivity contribution in [2.75, 3.05) is 18.9 Å². The van der Waals surface area contributed by atoms with Gasteiger partial charge in [-0.25, -0.2) is 4.98 Å². The van der Waals surface area contributed by atoms with Crippen LogP contribution in [-0.4, -0.2) is 39.7 Å². The maximum Gasteiger partial charge on any atom is 0.255 e. The van der Waals surface area contributed by atoms with E-state index in [2.05, 4.69) is 10.3 Å². The van der Waals surface area contributed by atoms with Gasteiger partial charge in [0.15, 0.2) is 0 Å². The molecule has 2 aromatic heterocycles. The summed E-state index contributed by atoms with van der Waals surface area (Å²) in [5.41, 5.74) is 3.11. The molecule has 31 heavy (non-hydrogen) atoms. The van der Waals surface area contributed by atoms with Gasteiger partial charge in [-0.3, -0.25) is 9.59 Å². The second kappa shape index (κ2) is 9.49. The third-order valence-electron chi connectivity index (χ3n) is 4.69. The third kappa shape index (κ3) is 5.13. The fourth-order valence-electron chi connectivity index (χ4n) is 3.19. The van der Waals surface area contributed by atoms with E-state index in [0.717, 1.165) is 16.2 Å². The van der Waals surface area contributed by atoms with E-state index in [9.17, 15) is 9.59 Å². The molecule has 2 aromatic carbocycles. The molecule has 1 N–H and O–H groups in total. The fourth-order valence-corrected chi connectivity index (χ4v) is 4.12. The Morgan fingerprint density at radius 3 is 2.55 bits per heavy atom. The number of pyridine rings is 1. The molecule has 0 spiro atoms. The van der Waals surface area contributed by atoms with Crippen LogP contribution in [0.15, 0.2) is 90.1 Å². The number of nitrogens with one attached hydrogen (secondary N) is 1. The Hall–Kier alpha value is -3.58. The predicted octanol–water partition coefficient (Wildman–Crippen LogP) is 4.34. The number of benzene rings is 2. The van der Waals surface area contributed by atoms with Gasteiger partial charge in [0, 0.05) is 35.8 Å². The number of thioether (sulfide) groups is 1. The van der Waals surface area contributed by atoms with Crippen molar-refractivity contribution in [3.8, 4) is 0 Å². The minimum Gasteiger partial charge on any atom is -0.332 e. The van der Waals surface area contributed by atoms with Crippen molar-refractivity contribution in [1.82, 2.24) is 14.3 Å². The standard InChI is InChI=1S/C24H22N4O2S/c1-27(16-23(29)26-18-9-3-2-4-10-18)24(30)20-11-5-6-12-21(20)31-17-19-15-28-14-8-7-13-22(28)25-19/h2-15H,16-17H2,1H3,(H,26,29). The number of para-hydroxylation sites is 1. The van der Waals surface area contributed by atoms with Crippen LogP contribution >= 0.6 is 11.8 Å². The summed E-state index contributed by atoms with van der Waals surface area (Å²) in [5, 5.41) is 2.80. The summed E-state index contributed by atoms with van der Waals surface area (Å²) in [4.78, 5) is 32.2. The molecule has 0 saturated carbocycles. The Balaban J connectivity index is 1.41. The van der Waals surface area contributed by atoms with Crippen LogP contribution in [0.4, 0.5) is 5.69 Å². The van der Waals surface area contributed by atoms with Crippen molar-refractivity contribution >= 4 is 34.9 Å². The number of carbonyl (C=O) groups is 2. The molecule has 2 heterocycles. The number of imidazole rings is 1. The zero-order valence-electron chi connectivity index (χ0n) is 17.1. The van der Waals surface area contributed by atoms with E-state index in [0.29, 0.717) is 17.0 Å². The Morgan fingerprint density at radius 2 is 1.74 bits per heavy atom. The third-order valence-corrected chi connectivity index (χ3v) is 5.80. The van der Waals surface area contributed by atoms with Crippen LogP contribution in [0.1, 0.15) is 16.1 Å². The van der Waals surface area contributed by atoms with E-state index in [1.807, 2.05) is 83.5 Å². The maximum atomic E-state index is 13.0. The quantitative estimate of drug-likeness (QED) is 0.443. The van der Waals surface area contributed by atoms with Gasteiger partial charge in [0.2, 0.25) is 5.91 Å². The summed E-state index contributed by atoms with van der Waals surface area (Å²) >= 11 is 1.56. The topological polar surface area (TPSA) is 66.7 Å². The Labute approximate surface area is 184 Å². The molecule has 4 aromatic rings. The van der Waals surface area contributed by atoms with Gasteiger partial charge in [0.25, 0.3) is 5.91 Å².